The van der Waals surface area contributed by atoms with Gasteiger partial charge < -0.3 is 15.1 Å². The number of carbonyl (C=O) groups excluding carboxylic acids is 2. The molecule has 1 heterocycles. The third-order valence-electron chi connectivity index (χ3n) is 3.60. The summed E-state index contributed by atoms with van der Waals surface area (Å²) in [5, 5.41) is 5.21. The van der Waals surface area contributed by atoms with Gasteiger partial charge in [0, 0.05) is 5.56 Å². The second kappa shape index (κ2) is 7.60. The van der Waals surface area contributed by atoms with E-state index >= 15 is 0 Å². The smallest absolute Gasteiger partial charge is 0.255 e. The third-order valence-corrected chi connectivity index (χ3v) is 3.60. The Bertz CT molecular complexity index is 940. The van der Waals surface area contributed by atoms with E-state index in [9.17, 15) is 18.4 Å². The van der Waals surface area contributed by atoms with E-state index in [0.717, 1.165) is 18.2 Å². The zero-order valence-electron chi connectivity index (χ0n) is 13.5. The molecule has 2 amide bonds. The molecule has 0 spiro atoms. The highest BCUT2D eigenvalue weighted by Gasteiger charge is 2.15. The first-order valence-corrected chi connectivity index (χ1v) is 7.70. The van der Waals surface area contributed by atoms with Crippen LogP contribution in [0.25, 0.3) is 0 Å². The summed E-state index contributed by atoms with van der Waals surface area (Å²) in [4.78, 5) is 24.6. The van der Waals surface area contributed by atoms with Crippen LogP contribution in [-0.2, 0) is 6.54 Å². The van der Waals surface area contributed by atoms with Crippen LogP contribution in [-0.4, -0.2) is 11.8 Å². The van der Waals surface area contributed by atoms with Crippen LogP contribution in [0.3, 0.4) is 0 Å². The standard InChI is InChI=1S/C19H14F2N2O3/c20-15-8-7-12(10-16(15)21)18(24)23-17-6-2-1-5-14(17)19(25)22-11-13-4-3-9-26-13/h1-10H,11H2,(H,22,25)(H,23,24). The highest BCUT2D eigenvalue weighted by atomic mass is 19.2. The molecule has 0 atom stereocenters. The van der Waals surface area contributed by atoms with Crippen molar-refractivity contribution in [1.82, 2.24) is 5.32 Å². The van der Waals surface area contributed by atoms with Gasteiger partial charge in [-0.3, -0.25) is 9.59 Å². The van der Waals surface area contributed by atoms with Crippen LogP contribution in [0, 0.1) is 11.6 Å². The van der Waals surface area contributed by atoms with Crippen molar-refractivity contribution in [3.63, 3.8) is 0 Å². The molecule has 5 nitrogen and oxygen atoms in total. The summed E-state index contributed by atoms with van der Waals surface area (Å²) in [6.45, 7) is 0.192. The number of amides is 2. The van der Waals surface area contributed by atoms with E-state index in [-0.39, 0.29) is 23.4 Å². The predicted molar refractivity (Wildman–Crippen MR) is 90.6 cm³/mol. The largest absolute Gasteiger partial charge is 0.467 e. The molecule has 0 bridgehead atoms. The Labute approximate surface area is 147 Å². The highest BCUT2D eigenvalue weighted by molar-refractivity contribution is 6.08. The third kappa shape index (κ3) is 3.94. The Balaban J connectivity index is 1.74. The molecule has 1 aromatic heterocycles. The number of anilines is 1. The topological polar surface area (TPSA) is 71.3 Å². The lowest BCUT2D eigenvalue weighted by Gasteiger charge is -2.11. The van der Waals surface area contributed by atoms with Crippen LogP contribution >= 0.6 is 0 Å². The lowest BCUT2D eigenvalue weighted by atomic mass is 10.1. The minimum absolute atomic E-state index is 0.0605. The number of para-hydroxylation sites is 1. The fraction of sp³-hybridized carbons (Fsp3) is 0.0526. The van der Waals surface area contributed by atoms with Crippen molar-refractivity contribution in [2.45, 2.75) is 6.54 Å². The van der Waals surface area contributed by atoms with E-state index in [0.29, 0.717) is 5.76 Å². The number of hydrogen-bond acceptors (Lipinski definition) is 3. The first-order chi connectivity index (χ1) is 12.5. The van der Waals surface area contributed by atoms with Gasteiger partial charge in [-0.05, 0) is 42.5 Å². The zero-order chi connectivity index (χ0) is 18.5. The van der Waals surface area contributed by atoms with Crippen LogP contribution in [0.15, 0.2) is 65.3 Å². The van der Waals surface area contributed by atoms with Crippen molar-refractivity contribution < 1.29 is 22.8 Å². The number of hydrogen-bond donors (Lipinski definition) is 2. The molecule has 0 saturated heterocycles. The van der Waals surface area contributed by atoms with Gasteiger partial charge in [0.05, 0.1) is 24.1 Å². The first-order valence-electron chi connectivity index (χ1n) is 7.70. The molecular formula is C19H14F2N2O3. The average molecular weight is 356 g/mol. The van der Waals surface area contributed by atoms with Crippen LogP contribution in [0.2, 0.25) is 0 Å². The van der Waals surface area contributed by atoms with Crippen LogP contribution in [0.5, 0.6) is 0 Å². The number of nitrogens with one attached hydrogen (secondary N) is 2. The quantitative estimate of drug-likeness (QED) is 0.732. The molecule has 0 aliphatic heterocycles. The maximum absolute atomic E-state index is 13.3. The van der Waals surface area contributed by atoms with Crippen LogP contribution in [0.1, 0.15) is 26.5 Å². The molecule has 7 heteroatoms. The van der Waals surface area contributed by atoms with Crippen molar-refractivity contribution in [2.24, 2.45) is 0 Å². The molecule has 0 aliphatic rings. The normalized spacial score (nSPS) is 10.4. The predicted octanol–water partition coefficient (Wildman–Crippen LogP) is 3.74. The summed E-state index contributed by atoms with van der Waals surface area (Å²) >= 11 is 0. The van der Waals surface area contributed by atoms with Gasteiger partial charge in [0.2, 0.25) is 0 Å². The number of benzene rings is 2. The molecule has 2 N–H and O–H groups in total. The Morgan fingerprint density at radius 3 is 2.46 bits per heavy atom. The van der Waals surface area contributed by atoms with Gasteiger partial charge in [0.1, 0.15) is 5.76 Å². The Kier molecular flexibility index (Phi) is 5.07. The van der Waals surface area contributed by atoms with Crippen molar-refractivity contribution in [2.75, 3.05) is 5.32 Å². The molecule has 0 fully saturated rings. The van der Waals surface area contributed by atoms with Crippen molar-refractivity contribution in [3.05, 3.63) is 89.4 Å². The number of halogens is 2. The lowest BCUT2D eigenvalue weighted by Crippen LogP contribution is -2.24. The second-order valence-electron chi connectivity index (χ2n) is 5.39. The van der Waals surface area contributed by atoms with Gasteiger partial charge in [0.25, 0.3) is 11.8 Å². The minimum atomic E-state index is -1.12. The molecule has 2 aromatic carbocycles. The Hall–Kier alpha value is -3.48. The fourth-order valence-electron chi connectivity index (χ4n) is 2.30. The maximum atomic E-state index is 13.3. The highest BCUT2D eigenvalue weighted by Crippen LogP contribution is 2.17. The lowest BCUT2D eigenvalue weighted by molar-refractivity contribution is 0.0949. The van der Waals surface area contributed by atoms with Crippen molar-refractivity contribution in [1.29, 1.82) is 0 Å². The molecular weight excluding hydrogens is 342 g/mol. The fourth-order valence-corrected chi connectivity index (χ4v) is 2.30. The number of furan rings is 1. The van der Waals surface area contributed by atoms with E-state index in [1.165, 1.54) is 6.26 Å². The van der Waals surface area contributed by atoms with Gasteiger partial charge in [-0.1, -0.05) is 12.1 Å². The molecule has 0 aliphatic carbocycles. The van der Waals surface area contributed by atoms with Gasteiger partial charge in [0.15, 0.2) is 11.6 Å². The monoisotopic (exact) mass is 356 g/mol. The van der Waals surface area contributed by atoms with E-state index < -0.39 is 23.4 Å². The molecule has 3 rings (SSSR count). The summed E-state index contributed by atoms with van der Waals surface area (Å²) in [7, 11) is 0. The van der Waals surface area contributed by atoms with Gasteiger partial charge in [-0.2, -0.15) is 0 Å². The molecule has 0 saturated carbocycles. The number of rotatable bonds is 5. The van der Waals surface area contributed by atoms with Gasteiger partial charge >= 0.3 is 0 Å². The van der Waals surface area contributed by atoms with Crippen molar-refractivity contribution >= 4 is 17.5 Å². The second-order valence-corrected chi connectivity index (χ2v) is 5.39. The van der Waals surface area contributed by atoms with Gasteiger partial charge in [-0.15, -0.1) is 0 Å². The maximum Gasteiger partial charge on any atom is 0.255 e. The average Bonchev–Trinajstić information content (AvgIpc) is 3.16. The van der Waals surface area contributed by atoms with Crippen LogP contribution < -0.4 is 10.6 Å². The van der Waals surface area contributed by atoms with E-state index in [2.05, 4.69) is 10.6 Å². The Morgan fingerprint density at radius 2 is 1.73 bits per heavy atom. The van der Waals surface area contributed by atoms with E-state index in [1.807, 2.05) is 0 Å². The molecule has 26 heavy (non-hydrogen) atoms. The van der Waals surface area contributed by atoms with E-state index in [4.69, 9.17) is 4.42 Å². The molecule has 0 unspecified atom stereocenters. The van der Waals surface area contributed by atoms with Crippen LogP contribution in [0.4, 0.5) is 14.5 Å². The summed E-state index contributed by atoms with van der Waals surface area (Å²) in [5.41, 5.74) is 0.420. The van der Waals surface area contributed by atoms with E-state index in [1.54, 1.807) is 36.4 Å². The molecule has 132 valence electrons. The summed E-state index contributed by atoms with van der Waals surface area (Å²) < 4.78 is 31.4. The zero-order valence-corrected chi connectivity index (χ0v) is 13.5. The molecule has 3 aromatic rings. The number of carbonyl (C=O) groups is 2. The summed E-state index contributed by atoms with van der Waals surface area (Å²) in [6, 6.07) is 12.6. The summed E-state index contributed by atoms with van der Waals surface area (Å²) in [6.07, 6.45) is 1.50. The van der Waals surface area contributed by atoms with Gasteiger partial charge in [-0.25, -0.2) is 8.78 Å². The molecule has 0 radical (unpaired) electrons. The Morgan fingerprint density at radius 1 is 0.923 bits per heavy atom. The SMILES string of the molecule is O=C(Nc1ccccc1C(=O)NCc1ccco1)c1ccc(F)c(F)c1. The first kappa shape index (κ1) is 17.3. The summed E-state index contributed by atoms with van der Waals surface area (Å²) in [5.74, 6) is -2.65. The minimum Gasteiger partial charge on any atom is -0.467 e. The van der Waals surface area contributed by atoms with Crippen molar-refractivity contribution in [3.8, 4) is 0 Å².